The molecule has 2 aromatic carbocycles. The number of aliphatic hydroxyl groups is 1. The van der Waals surface area contributed by atoms with Crippen molar-refractivity contribution in [2.45, 2.75) is 51.8 Å². The first-order valence-electron chi connectivity index (χ1n) is 11.2. The van der Waals surface area contributed by atoms with Crippen LogP contribution in [0.25, 0.3) is 0 Å². The molecule has 0 aliphatic rings. The number of ether oxygens (including phenoxy) is 1. The second kappa shape index (κ2) is 12.7. The van der Waals surface area contributed by atoms with E-state index in [2.05, 4.69) is 10.6 Å². The Morgan fingerprint density at radius 1 is 1.06 bits per heavy atom. The van der Waals surface area contributed by atoms with Crippen molar-refractivity contribution in [2.75, 3.05) is 6.61 Å². The second-order valence-corrected chi connectivity index (χ2v) is 8.96. The highest BCUT2D eigenvalue weighted by molar-refractivity contribution is 5.92. The zero-order valence-electron chi connectivity index (χ0n) is 19.9. The molecule has 0 saturated carbocycles. The minimum atomic E-state index is -0.880. The smallest absolute Gasteiger partial charge is 0.243 e. The molecule has 8 nitrogen and oxygen atoms in total. The molecule has 0 aliphatic heterocycles. The molecule has 0 aliphatic carbocycles. The van der Waals surface area contributed by atoms with Crippen LogP contribution in [0.3, 0.4) is 0 Å². The third-order valence-electron chi connectivity index (χ3n) is 5.24. The van der Waals surface area contributed by atoms with Crippen molar-refractivity contribution in [3.05, 3.63) is 72.1 Å². The fourth-order valence-electron chi connectivity index (χ4n) is 3.00. The minimum absolute atomic E-state index is 0.172. The number of carbonyl (C=O) groups is 3. The van der Waals surface area contributed by atoms with Crippen LogP contribution in [-0.4, -0.2) is 41.0 Å². The van der Waals surface area contributed by atoms with Gasteiger partial charge < -0.3 is 26.2 Å². The van der Waals surface area contributed by atoms with Crippen molar-refractivity contribution in [2.24, 2.45) is 11.7 Å². The molecule has 8 heteroatoms. The molecule has 1 radical (unpaired) electrons. The van der Waals surface area contributed by atoms with Crippen LogP contribution < -0.4 is 21.1 Å². The fourth-order valence-corrected chi connectivity index (χ4v) is 3.00. The van der Waals surface area contributed by atoms with E-state index in [1.807, 2.05) is 54.6 Å². The van der Waals surface area contributed by atoms with E-state index in [0.717, 1.165) is 11.1 Å². The Balaban J connectivity index is 2.03. The lowest BCUT2D eigenvalue weighted by molar-refractivity contribution is -0.129. The summed E-state index contributed by atoms with van der Waals surface area (Å²) in [6.07, 6.45) is 1.72. The number of hydrogen-bond acceptors (Lipinski definition) is 5. The summed E-state index contributed by atoms with van der Waals surface area (Å²) >= 11 is 0. The molecule has 0 spiro atoms. The van der Waals surface area contributed by atoms with Gasteiger partial charge in [-0.1, -0.05) is 49.4 Å². The summed E-state index contributed by atoms with van der Waals surface area (Å²) in [4.78, 5) is 36.5. The first-order chi connectivity index (χ1) is 16.1. The summed E-state index contributed by atoms with van der Waals surface area (Å²) < 4.78 is 5.80. The molecule has 2 unspecified atom stereocenters. The Bertz CT molecular complexity index is 945. The molecule has 0 aromatic heterocycles. The predicted molar refractivity (Wildman–Crippen MR) is 129 cm³/mol. The van der Waals surface area contributed by atoms with E-state index >= 15 is 0 Å². The second-order valence-electron chi connectivity index (χ2n) is 8.96. The summed E-state index contributed by atoms with van der Waals surface area (Å²) in [6, 6.07) is 16.2. The van der Waals surface area contributed by atoms with Crippen LogP contribution in [0.2, 0.25) is 0 Å². The maximum absolute atomic E-state index is 12.9. The highest BCUT2D eigenvalue weighted by atomic mass is 16.5. The normalized spacial score (nSPS) is 12.9. The summed E-state index contributed by atoms with van der Waals surface area (Å²) in [5.74, 6) is -1.20. The van der Waals surface area contributed by atoms with Crippen LogP contribution in [0.15, 0.2) is 54.6 Å². The summed E-state index contributed by atoms with van der Waals surface area (Å²) in [5, 5.41) is 14.9. The number of nitrogens with two attached hydrogens (primary N) is 1. The van der Waals surface area contributed by atoms with Crippen LogP contribution >= 0.6 is 0 Å². The Hall–Kier alpha value is -3.39. The Labute approximate surface area is 200 Å². The van der Waals surface area contributed by atoms with E-state index in [1.165, 1.54) is 6.42 Å². The van der Waals surface area contributed by atoms with Crippen molar-refractivity contribution in [3.63, 3.8) is 0 Å². The summed E-state index contributed by atoms with van der Waals surface area (Å²) in [7, 11) is 0. The van der Waals surface area contributed by atoms with Gasteiger partial charge in [0.1, 0.15) is 18.4 Å². The largest absolute Gasteiger partial charge is 0.489 e. The van der Waals surface area contributed by atoms with Gasteiger partial charge in [0.15, 0.2) is 0 Å². The first-order valence-corrected chi connectivity index (χ1v) is 11.2. The Morgan fingerprint density at radius 2 is 1.71 bits per heavy atom. The molecule has 0 heterocycles. The van der Waals surface area contributed by atoms with Gasteiger partial charge in [0, 0.05) is 12.3 Å². The maximum atomic E-state index is 12.9. The molecule has 0 fully saturated rings. The molecule has 2 rings (SSSR count). The third kappa shape index (κ3) is 9.23. The number of amides is 3. The SMILES string of the molecule is CC(C[CH]C(=O)NC(Cc1ccc(OCc2ccccc2)cc1)C(=O)NC(C)(C)CO)C(N)=O. The molecule has 183 valence electrons. The zero-order chi connectivity index (χ0) is 25.1. The van der Waals surface area contributed by atoms with E-state index < -0.39 is 35.2 Å². The number of primary amides is 1. The molecule has 5 N–H and O–H groups in total. The lowest BCUT2D eigenvalue weighted by atomic mass is 10.0. The summed E-state index contributed by atoms with van der Waals surface area (Å²) in [5.41, 5.74) is 6.26. The monoisotopic (exact) mass is 468 g/mol. The fraction of sp³-hybridized carbons (Fsp3) is 0.385. The Morgan fingerprint density at radius 3 is 2.29 bits per heavy atom. The number of aliphatic hydroxyl groups excluding tert-OH is 1. The van der Waals surface area contributed by atoms with Gasteiger partial charge in [-0.2, -0.15) is 0 Å². The average molecular weight is 469 g/mol. The number of benzene rings is 2. The molecule has 0 saturated heterocycles. The topological polar surface area (TPSA) is 131 Å². The molecule has 34 heavy (non-hydrogen) atoms. The van der Waals surface area contributed by atoms with Crippen molar-refractivity contribution in [3.8, 4) is 5.75 Å². The van der Waals surface area contributed by atoms with Gasteiger partial charge in [0.05, 0.1) is 18.6 Å². The molecule has 2 atom stereocenters. The highest BCUT2D eigenvalue weighted by Crippen LogP contribution is 2.16. The minimum Gasteiger partial charge on any atom is -0.489 e. The van der Waals surface area contributed by atoms with Crippen LogP contribution in [0.5, 0.6) is 5.75 Å². The zero-order valence-corrected chi connectivity index (χ0v) is 19.9. The molecule has 3 amide bonds. The number of hydrogen-bond donors (Lipinski definition) is 4. The van der Waals surface area contributed by atoms with E-state index in [9.17, 15) is 19.5 Å². The molecular formula is C26H34N3O5. The standard InChI is InChI=1S/C26H34N3O5/c1-18(24(27)32)9-14-23(31)28-22(25(33)29-26(2,3)17-30)15-19-10-12-21(13-11-19)34-16-20-7-5-4-6-8-20/h4-8,10-14,18,22,30H,9,15-17H2,1-3H3,(H2,27,32)(H,28,31)(H,29,33). The van der Waals surface area contributed by atoms with Crippen LogP contribution in [0.1, 0.15) is 38.3 Å². The van der Waals surface area contributed by atoms with Gasteiger partial charge in [-0.25, -0.2) is 0 Å². The van der Waals surface area contributed by atoms with Gasteiger partial charge in [-0.15, -0.1) is 0 Å². The van der Waals surface area contributed by atoms with Crippen LogP contribution in [-0.2, 0) is 27.4 Å². The van der Waals surface area contributed by atoms with Crippen LogP contribution in [0, 0.1) is 12.3 Å². The van der Waals surface area contributed by atoms with E-state index in [-0.39, 0.29) is 19.4 Å². The van der Waals surface area contributed by atoms with Gasteiger partial charge >= 0.3 is 0 Å². The lowest BCUT2D eigenvalue weighted by Crippen LogP contribution is -2.55. The van der Waals surface area contributed by atoms with Crippen molar-refractivity contribution in [1.29, 1.82) is 0 Å². The van der Waals surface area contributed by atoms with E-state index in [1.54, 1.807) is 20.8 Å². The number of carbonyl (C=O) groups excluding carboxylic acids is 3. The van der Waals surface area contributed by atoms with E-state index in [4.69, 9.17) is 10.5 Å². The third-order valence-corrected chi connectivity index (χ3v) is 5.24. The highest BCUT2D eigenvalue weighted by Gasteiger charge is 2.27. The molecule has 0 bridgehead atoms. The van der Waals surface area contributed by atoms with Gasteiger partial charge in [0.25, 0.3) is 0 Å². The van der Waals surface area contributed by atoms with Gasteiger partial charge in [-0.3, -0.25) is 14.4 Å². The molecular weight excluding hydrogens is 434 g/mol. The quantitative estimate of drug-likeness (QED) is 0.357. The lowest BCUT2D eigenvalue weighted by Gasteiger charge is -2.27. The Kier molecular flexibility index (Phi) is 10.1. The number of nitrogens with one attached hydrogen (secondary N) is 2. The van der Waals surface area contributed by atoms with Crippen molar-refractivity contribution in [1.82, 2.24) is 10.6 Å². The van der Waals surface area contributed by atoms with Gasteiger partial charge in [-0.05, 0) is 43.5 Å². The first kappa shape index (κ1) is 26.9. The van der Waals surface area contributed by atoms with Gasteiger partial charge in [0.2, 0.25) is 17.7 Å². The maximum Gasteiger partial charge on any atom is 0.243 e. The van der Waals surface area contributed by atoms with E-state index in [0.29, 0.717) is 12.4 Å². The predicted octanol–water partition coefficient (Wildman–Crippen LogP) is 1.90. The average Bonchev–Trinajstić information content (AvgIpc) is 2.82. The molecule has 2 aromatic rings. The summed E-state index contributed by atoms with van der Waals surface area (Å²) in [6.45, 7) is 5.18. The number of rotatable bonds is 13. The van der Waals surface area contributed by atoms with Crippen LogP contribution in [0.4, 0.5) is 0 Å². The van der Waals surface area contributed by atoms with Crippen molar-refractivity contribution < 1.29 is 24.2 Å². The van der Waals surface area contributed by atoms with Crippen molar-refractivity contribution >= 4 is 17.7 Å².